The molecule has 2 heteroatoms. The summed E-state index contributed by atoms with van der Waals surface area (Å²) in [6, 6.07) is 54.3. The van der Waals surface area contributed by atoms with E-state index in [0.717, 1.165) is 17.1 Å². The molecule has 1 aliphatic heterocycles. The zero-order chi connectivity index (χ0) is 34.4. The van der Waals surface area contributed by atoms with Crippen LogP contribution in [0.4, 0.5) is 34.1 Å². The first-order valence-corrected chi connectivity index (χ1v) is 17.8. The Morgan fingerprint density at radius 2 is 1.00 bits per heavy atom. The number of fused-ring (bicyclic) bond motifs is 6. The van der Waals surface area contributed by atoms with E-state index in [1.54, 1.807) is 0 Å². The number of hydrogen-bond donors (Lipinski definition) is 0. The lowest BCUT2D eigenvalue weighted by Gasteiger charge is -2.43. The number of nitrogens with zero attached hydrogens (tertiary/aromatic N) is 2. The summed E-state index contributed by atoms with van der Waals surface area (Å²) in [7, 11) is 0. The molecule has 0 saturated heterocycles. The van der Waals surface area contributed by atoms with E-state index < -0.39 is 0 Å². The summed E-state index contributed by atoms with van der Waals surface area (Å²) in [5.41, 5.74) is 17.6. The number of hydrogen-bond acceptors (Lipinski definition) is 2. The standard InChI is InChI=1S/C48H42N2/c1-31-15-11-17-33(27-31)49(34-18-12-16-32(2)28-34)43-25-13-21-37-36(43)20-14-26-44(37)50-45-24-10-9-23-40(45)48(5,6)42-30-41-38(29-46(42)50)35-19-7-8-22-39(35)47(41,3)4/h7-30H,1-6H3. The minimum Gasteiger partial charge on any atom is -0.310 e. The Morgan fingerprint density at radius 3 is 1.72 bits per heavy atom. The van der Waals surface area contributed by atoms with Crippen molar-refractivity contribution >= 4 is 44.9 Å². The molecule has 0 bridgehead atoms. The van der Waals surface area contributed by atoms with Gasteiger partial charge in [-0.1, -0.05) is 125 Å². The summed E-state index contributed by atoms with van der Waals surface area (Å²) in [5.74, 6) is 0. The first kappa shape index (κ1) is 30.5. The highest BCUT2D eigenvalue weighted by atomic mass is 15.2. The summed E-state index contributed by atoms with van der Waals surface area (Å²) < 4.78 is 0. The van der Waals surface area contributed by atoms with Gasteiger partial charge in [-0.15, -0.1) is 0 Å². The van der Waals surface area contributed by atoms with E-state index in [0.29, 0.717) is 0 Å². The topological polar surface area (TPSA) is 6.48 Å². The van der Waals surface area contributed by atoms with Gasteiger partial charge < -0.3 is 9.80 Å². The molecule has 2 aliphatic rings. The number of rotatable bonds is 4. The van der Waals surface area contributed by atoms with E-state index in [9.17, 15) is 0 Å². The van der Waals surface area contributed by atoms with Crippen molar-refractivity contribution in [2.75, 3.05) is 9.80 Å². The minimum absolute atomic E-state index is 0.0672. The summed E-state index contributed by atoms with van der Waals surface area (Å²) in [4.78, 5) is 4.96. The lowest BCUT2D eigenvalue weighted by atomic mass is 9.71. The van der Waals surface area contributed by atoms with E-state index >= 15 is 0 Å². The van der Waals surface area contributed by atoms with Crippen molar-refractivity contribution in [3.05, 3.63) is 179 Å². The van der Waals surface area contributed by atoms with Crippen molar-refractivity contribution in [3.8, 4) is 11.1 Å². The van der Waals surface area contributed by atoms with Crippen molar-refractivity contribution in [3.63, 3.8) is 0 Å². The van der Waals surface area contributed by atoms with Gasteiger partial charge in [0.05, 0.1) is 22.7 Å². The molecular formula is C48H42N2. The Hall–Kier alpha value is -5.60. The number of aryl methyl sites for hydroxylation is 2. The van der Waals surface area contributed by atoms with Crippen molar-refractivity contribution < 1.29 is 0 Å². The second-order valence-corrected chi connectivity index (χ2v) is 15.2. The molecule has 0 atom stereocenters. The predicted molar refractivity (Wildman–Crippen MR) is 212 cm³/mol. The maximum absolute atomic E-state index is 2.54. The van der Waals surface area contributed by atoms with Gasteiger partial charge in [0.2, 0.25) is 0 Å². The van der Waals surface area contributed by atoms with Crippen LogP contribution in [0.15, 0.2) is 146 Å². The van der Waals surface area contributed by atoms with Crippen molar-refractivity contribution in [2.45, 2.75) is 52.4 Å². The SMILES string of the molecule is Cc1cccc(N(c2cccc(C)c2)c2cccc3c(N4c5ccccc5C(C)(C)c5cc6c(cc54)-c4ccccc4C6(C)C)cccc23)c1. The molecule has 0 saturated carbocycles. The van der Waals surface area contributed by atoms with Gasteiger partial charge in [0, 0.05) is 33.0 Å². The monoisotopic (exact) mass is 646 g/mol. The van der Waals surface area contributed by atoms with Crippen molar-refractivity contribution in [2.24, 2.45) is 0 Å². The van der Waals surface area contributed by atoms with Gasteiger partial charge in [0.1, 0.15) is 0 Å². The summed E-state index contributed by atoms with van der Waals surface area (Å²) >= 11 is 0. The number of para-hydroxylation sites is 1. The molecule has 0 unspecified atom stereocenters. The molecule has 0 aromatic heterocycles. The molecule has 244 valence electrons. The number of benzene rings is 7. The van der Waals surface area contributed by atoms with Crippen molar-refractivity contribution in [1.82, 2.24) is 0 Å². The Kier molecular flexibility index (Phi) is 6.67. The molecule has 7 aromatic carbocycles. The molecule has 7 aromatic rings. The Balaban J connectivity index is 1.32. The lowest BCUT2D eigenvalue weighted by Crippen LogP contribution is -2.31. The van der Waals surface area contributed by atoms with Crippen LogP contribution in [0.5, 0.6) is 0 Å². The highest BCUT2D eigenvalue weighted by Gasteiger charge is 2.42. The average molecular weight is 647 g/mol. The van der Waals surface area contributed by atoms with Gasteiger partial charge in [0.25, 0.3) is 0 Å². The van der Waals surface area contributed by atoms with Crippen LogP contribution in [-0.2, 0) is 10.8 Å². The smallest absolute Gasteiger partial charge is 0.0541 e. The van der Waals surface area contributed by atoms with Crippen LogP contribution in [0.1, 0.15) is 61.1 Å². The van der Waals surface area contributed by atoms with Crippen LogP contribution in [0.3, 0.4) is 0 Å². The van der Waals surface area contributed by atoms with Gasteiger partial charge in [-0.25, -0.2) is 0 Å². The summed E-state index contributed by atoms with van der Waals surface area (Å²) in [5, 5.41) is 2.43. The molecule has 0 amide bonds. The molecular weight excluding hydrogens is 605 g/mol. The minimum atomic E-state index is -0.175. The van der Waals surface area contributed by atoms with Gasteiger partial charge >= 0.3 is 0 Å². The zero-order valence-corrected chi connectivity index (χ0v) is 29.8. The third-order valence-electron chi connectivity index (χ3n) is 11.3. The van der Waals surface area contributed by atoms with Gasteiger partial charge in [-0.05, 0) is 107 Å². The van der Waals surface area contributed by atoms with E-state index in [2.05, 4.69) is 197 Å². The second-order valence-electron chi connectivity index (χ2n) is 15.2. The van der Waals surface area contributed by atoms with Gasteiger partial charge in [-0.2, -0.15) is 0 Å². The Morgan fingerprint density at radius 1 is 0.420 bits per heavy atom. The number of anilines is 6. The molecule has 1 aliphatic carbocycles. The van der Waals surface area contributed by atoms with Crippen LogP contribution in [0.25, 0.3) is 21.9 Å². The van der Waals surface area contributed by atoms with E-state index in [1.807, 2.05) is 0 Å². The first-order chi connectivity index (χ1) is 24.1. The Bertz CT molecular complexity index is 2440. The zero-order valence-electron chi connectivity index (χ0n) is 29.8. The summed E-state index contributed by atoms with van der Waals surface area (Å²) in [6.07, 6.45) is 0. The van der Waals surface area contributed by atoms with Crippen LogP contribution >= 0.6 is 0 Å². The maximum atomic E-state index is 2.54. The predicted octanol–water partition coefficient (Wildman–Crippen LogP) is 13.3. The van der Waals surface area contributed by atoms with Gasteiger partial charge in [-0.3, -0.25) is 0 Å². The van der Waals surface area contributed by atoms with E-state index in [-0.39, 0.29) is 10.8 Å². The fourth-order valence-corrected chi connectivity index (χ4v) is 8.78. The molecule has 2 nitrogen and oxygen atoms in total. The molecule has 0 radical (unpaired) electrons. The average Bonchev–Trinajstić information content (AvgIpc) is 3.34. The molecule has 0 spiro atoms. The third kappa shape index (κ3) is 4.41. The highest BCUT2D eigenvalue weighted by molar-refractivity contribution is 6.08. The van der Waals surface area contributed by atoms with E-state index in [4.69, 9.17) is 0 Å². The quantitative estimate of drug-likeness (QED) is 0.188. The largest absolute Gasteiger partial charge is 0.310 e. The van der Waals surface area contributed by atoms with E-state index in [1.165, 1.54) is 72.3 Å². The fourth-order valence-electron chi connectivity index (χ4n) is 8.78. The molecule has 0 N–H and O–H groups in total. The first-order valence-electron chi connectivity index (χ1n) is 17.8. The second kappa shape index (κ2) is 11.0. The fraction of sp³-hybridized carbons (Fsp3) is 0.167. The van der Waals surface area contributed by atoms with Crippen LogP contribution in [-0.4, -0.2) is 0 Å². The van der Waals surface area contributed by atoms with Crippen LogP contribution in [0, 0.1) is 13.8 Å². The Labute approximate surface area is 296 Å². The normalized spacial score (nSPS) is 14.9. The summed E-state index contributed by atoms with van der Waals surface area (Å²) in [6.45, 7) is 13.9. The molecule has 0 fully saturated rings. The third-order valence-corrected chi connectivity index (χ3v) is 11.3. The maximum Gasteiger partial charge on any atom is 0.0541 e. The van der Waals surface area contributed by atoms with Crippen LogP contribution in [0.2, 0.25) is 0 Å². The van der Waals surface area contributed by atoms with Gasteiger partial charge in [0.15, 0.2) is 0 Å². The van der Waals surface area contributed by atoms with Crippen molar-refractivity contribution in [1.29, 1.82) is 0 Å². The molecule has 50 heavy (non-hydrogen) atoms. The molecule has 1 heterocycles. The highest BCUT2D eigenvalue weighted by Crippen LogP contribution is 2.58. The van der Waals surface area contributed by atoms with Crippen LogP contribution < -0.4 is 9.80 Å². The molecule has 9 rings (SSSR count). The lowest BCUT2D eigenvalue weighted by molar-refractivity contribution is 0.620.